The third-order valence-corrected chi connectivity index (χ3v) is 9.02. The number of aliphatic imine (C=N–C) groups is 1. The van der Waals surface area contributed by atoms with E-state index in [1.54, 1.807) is 47.4 Å². The molecule has 1 amide bonds. The lowest BCUT2D eigenvalue weighted by atomic mass is 10.1. The van der Waals surface area contributed by atoms with E-state index in [1.165, 1.54) is 11.8 Å². The molecule has 0 bridgehead atoms. The second-order valence-corrected chi connectivity index (χ2v) is 11.4. The summed E-state index contributed by atoms with van der Waals surface area (Å²) in [6.07, 6.45) is 0.117. The highest BCUT2D eigenvalue weighted by molar-refractivity contribution is 8.16. The van der Waals surface area contributed by atoms with E-state index >= 15 is 0 Å². The summed E-state index contributed by atoms with van der Waals surface area (Å²) < 4.78 is 24.3. The van der Waals surface area contributed by atoms with Crippen molar-refractivity contribution in [1.82, 2.24) is 0 Å². The molecule has 0 aromatic heterocycles. The van der Waals surface area contributed by atoms with Crippen molar-refractivity contribution in [2.24, 2.45) is 4.99 Å². The highest BCUT2D eigenvalue weighted by atomic mass is 35.5. The number of carbonyl (C=O) groups is 1. The van der Waals surface area contributed by atoms with Gasteiger partial charge in [-0.25, -0.2) is 8.42 Å². The SMILES string of the molecule is O=C(Cc1ccc(Cl)cc1)N=C1S[C@H]2CS(=O)(=O)C[C@H]2N1c1cccc(Cl)c1Cl. The zero-order valence-electron chi connectivity index (χ0n) is 14.9. The van der Waals surface area contributed by atoms with Gasteiger partial charge in [0.2, 0.25) is 0 Å². The largest absolute Gasteiger partial charge is 0.314 e. The molecule has 2 fully saturated rings. The second kappa shape index (κ2) is 8.12. The fourth-order valence-electron chi connectivity index (χ4n) is 3.45. The van der Waals surface area contributed by atoms with Crippen molar-refractivity contribution in [1.29, 1.82) is 0 Å². The summed E-state index contributed by atoms with van der Waals surface area (Å²) in [6, 6.07) is 11.8. The molecule has 2 aromatic carbocycles. The van der Waals surface area contributed by atoms with Crippen molar-refractivity contribution in [3.05, 3.63) is 63.1 Å². The minimum atomic E-state index is -3.16. The van der Waals surface area contributed by atoms with Gasteiger partial charge in [0.1, 0.15) is 0 Å². The number of amides is 1. The normalized spacial score (nSPS) is 24.1. The van der Waals surface area contributed by atoms with Gasteiger partial charge in [-0.15, -0.1) is 0 Å². The van der Waals surface area contributed by atoms with Crippen LogP contribution >= 0.6 is 46.6 Å². The number of hydrogen-bond donors (Lipinski definition) is 0. The summed E-state index contributed by atoms with van der Waals surface area (Å²) in [6.45, 7) is 0. The van der Waals surface area contributed by atoms with E-state index in [2.05, 4.69) is 4.99 Å². The van der Waals surface area contributed by atoms with Crippen molar-refractivity contribution in [2.45, 2.75) is 17.7 Å². The first-order chi connectivity index (χ1) is 13.7. The predicted octanol–water partition coefficient (Wildman–Crippen LogP) is 4.49. The highest BCUT2D eigenvalue weighted by Crippen LogP contribution is 2.44. The van der Waals surface area contributed by atoms with E-state index in [4.69, 9.17) is 34.8 Å². The van der Waals surface area contributed by atoms with Crippen molar-refractivity contribution < 1.29 is 13.2 Å². The summed E-state index contributed by atoms with van der Waals surface area (Å²) in [5.74, 6) is -0.305. The third kappa shape index (κ3) is 4.44. The van der Waals surface area contributed by atoms with Crippen molar-refractivity contribution in [3.63, 3.8) is 0 Å². The summed E-state index contributed by atoms with van der Waals surface area (Å²) in [5, 5.41) is 1.48. The average Bonchev–Trinajstić information content (AvgIpc) is 3.10. The van der Waals surface area contributed by atoms with Crippen LogP contribution in [0.4, 0.5) is 5.69 Å². The van der Waals surface area contributed by atoms with E-state index in [-0.39, 0.29) is 35.1 Å². The van der Waals surface area contributed by atoms with E-state index < -0.39 is 9.84 Å². The Labute approximate surface area is 188 Å². The molecule has 4 rings (SSSR count). The Hall–Kier alpha value is -1.25. The Morgan fingerprint density at radius 1 is 1.10 bits per heavy atom. The molecule has 10 heteroatoms. The lowest BCUT2D eigenvalue weighted by Crippen LogP contribution is -2.38. The van der Waals surface area contributed by atoms with Gasteiger partial charge in [-0.1, -0.05) is 64.8 Å². The highest BCUT2D eigenvalue weighted by Gasteiger charge is 2.49. The van der Waals surface area contributed by atoms with E-state index in [0.29, 0.717) is 25.9 Å². The number of halogens is 3. The van der Waals surface area contributed by atoms with Crippen LogP contribution in [0, 0.1) is 0 Å². The second-order valence-electron chi connectivity index (χ2n) is 6.83. The number of carbonyl (C=O) groups excluding carboxylic acids is 1. The molecule has 2 aromatic rings. The Bertz CT molecular complexity index is 1100. The monoisotopic (exact) mass is 488 g/mol. The van der Waals surface area contributed by atoms with Crippen LogP contribution in [0.5, 0.6) is 0 Å². The zero-order chi connectivity index (χ0) is 20.8. The lowest BCUT2D eigenvalue weighted by Gasteiger charge is -2.25. The summed E-state index contributed by atoms with van der Waals surface area (Å²) >= 11 is 19.7. The molecule has 0 N–H and O–H groups in total. The van der Waals surface area contributed by atoms with Crippen LogP contribution in [0.1, 0.15) is 5.56 Å². The molecule has 2 aliphatic rings. The molecule has 2 saturated heterocycles. The molecule has 0 aliphatic carbocycles. The van der Waals surface area contributed by atoms with Crippen LogP contribution < -0.4 is 4.90 Å². The Kier molecular flexibility index (Phi) is 5.88. The number of rotatable bonds is 3. The van der Waals surface area contributed by atoms with E-state index in [1.807, 2.05) is 0 Å². The third-order valence-electron chi connectivity index (χ3n) is 4.75. The molecule has 2 atom stereocenters. The molecule has 0 radical (unpaired) electrons. The van der Waals surface area contributed by atoms with E-state index in [9.17, 15) is 13.2 Å². The molecule has 152 valence electrons. The summed E-state index contributed by atoms with van der Waals surface area (Å²) in [5.41, 5.74) is 1.34. The van der Waals surface area contributed by atoms with E-state index in [0.717, 1.165) is 5.56 Å². The maximum atomic E-state index is 12.6. The first kappa shape index (κ1) is 21.0. The molecule has 5 nitrogen and oxygen atoms in total. The maximum absolute atomic E-state index is 12.6. The first-order valence-corrected chi connectivity index (χ1v) is 12.5. The van der Waals surface area contributed by atoms with Crippen molar-refractivity contribution >= 4 is 73.2 Å². The van der Waals surface area contributed by atoms with Gasteiger partial charge in [-0.05, 0) is 29.8 Å². The van der Waals surface area contributed by atoms with Gasteiger partial charge in [0.15, 0.2) is 15.0 Å². The number of fused-ring (bicyclic) bond motifs is 1. The Balaban J connectivity index is 1.67. The molecule has 0 saturated carbocycles. The number of amidine groups is 1. The average molecular weight is 490 g/mol. The molecule has 29 heavy (non-hydrogen) atoms. The quantitative estimate of drug-likeness (QED) is 0.635. The first-order valence-electron chi connectivity index (χ1n) is 8.70. The molecule has 0 spiro atoms. The van der Waals surface area contributed by atoms with Crippen LogP contribution in [0.2, 0.25) is 15.1 Å². The number of anilines is 1. The standard InChI is InChI=1S/C19H15Cl3N2O3S2/c20-12-6-4-11(5-7-12)8-17(25)23-19-24(14-3-1-2-13(21)18(14)22)15-9-29(26,27)10-16(15)28-19/h1-7,15-16H,8-10H2/t15-,16+/m1/s1. The number of thioether (sulfide) groups is 1. The summed E-state index contributed by atoms with van der Waals surface area (Å²) in [7, 11) is -3.16. The predicted molar refractivity (Wildman–Crippen MR) is 120 cm³/mol. The van der Waals surface area contributed by atoms with Crippen LogP contribution in [-0.4, -0.2) is 42.3 Å². The van der Waals surface area contributed by atoms with Gasteiger partial charge < -0.3 is 4.90 Å². The lowest BCUT2D eigenvalue weighted by molar-refractivity contribution is -0.117. The number of sulfone groups is 1. The fourth-order valence-corrected chi connectivity index (χ4v) is 7.88. The van der Waals surface area contributed by atoms with Crippen LogP contribution in [0.25, 0.3) is 0 Å². The van der Waals surface area contributed by atoms with Crippen molar-refractivity contribution in [3.8, 4) is 0 Å². The molecular weight excluding hydrogens is 475 g/mol. The minimum Gasteiger partial charge on any atom is -0.314 e. The van der Waals surface area contributed by atoms with Gasteiger partial charge >= 0.3 is 0 Å². The van der Waals surface area contributed by atoms with Gasteiger partial charge in [-0.2, -0.15) is 4.99 Å². The minimum absolute atomic E-state index is 0.0160. The molecular formula is C19H15Cl3N2O3S2. The molecule has 0 unspecified atom stereocenters. The number of nitrogens with zero attached hydrogens (tertiary/aromatic N) is 2. The summed E-state index contributed by atoms with van der Waals surface area (Å²) in [4.78, 5) is 18.6. The zero-order valence-corrected chi connectivity index (χ0v) is 18.8. The van der Waals surface area contributed by atoms with Gasteiger partial charge in [0.05, 0.1) is 39.7 Å². The fraction of sp³-hybridized carbons (Fsp3) is 0.263. The van der Waals surface area contributed by atoms with Gasteiger partial charge in [0, 0.05) is 10.3 Å². The van der Waals surface area contributed by atoms with Crippen molar-refractivity contribution in [2.75, 3.05) is 16.4 Å². The van der Waals surface area contributed by atoms with Gasteiger partial charge in [0.25, 0.3) is 5.91 Å². The molecule has 2 aliphatic heterocycles. The smallest absolute Gasteiger partial charge is 0.252 e. The Morgan fingerprint density at radius 2 is 1.83 bits per heavy atom. The van der Waals surface area contributed by atoms with Crippen LogP contribution in [0.3, 0.4) is 0 Å². The molecule has 2 heterocycles. The number of hydrogen-bond acceptors (Lipinski definition) is 4. The van der Waals surface area contributed by atoms with Gasteiger partial charge in [-0.3, -0.25) is 4.79 Å². The topological polar surface area (TPSA) is 66.8 Å². The maximum Gasteiger partial charge on any atom is 0.252 e. The van der Waals surface area contributed by atoms with Crippen LogP contribution in [0.15, 0.2) is 47.5 Å². The van der Waals surface area contributed by atoms with Crippen LogP contribution in [-0.2, 0) is 21.1 Å². The Morgan fingerprint density at radius 3 is 2.55 bits per heavy atom. The number of benzene rings is 2.